The van der Waals surface area contributed by atoms with Gasteiger partial charge in [0.25, 0.3) is 5.91 Å². The Morgan fingerprint density at radius 1 is 1.03 bits per heavy atom. The minimum Gasteiger partial charge on any atom is -0.508 e. The SMILES string of the molecule is CCc1cc(O)cc(C)c1OCCCOc1ccc(C(=O)N2CCCCC2)cc1. The number of rotatable bonds is 8. The molecule has 2 aromatic rings. The fourth-order valence-corrected chi connectivity index (χ4v) is 3.69. The molecular formula is C24H31NO4. The number of phenols is 1. The van der Waals surface area contributed by atoms with E-state index in [1.165, 1.54) is 6.42 Å². The number of carbonyl (C=O) groups is 1. The fourth-order valence-electron chi connectivity index (χ4n) is 3.69. The van der Waals surface area contributed by atoms with Crippen LogP contribution in [0.4, 0.5) is 0 Å². The lowest BCUT2D eigenvalue weighted by Gasteiger charge is -2.26. The van der Waals surface area contributed by atoms with Crippen LogP contribution in [-0.4, -0.2) is 42.2 Å². The number of benzene rings is 2. The molecule has 1 saturated heterocycles. The highest BCUT2D eigenvalue weighted by Gasteiger charge is 2.17. The minimum atomic E-state index is 0.112. The van der Waals surface area contributed by atoms with Crippen molar-refractivity contribution in [3.8, 4) is 17.2 Å². The third-order valence-corrected chi connectivity index (χ3v) is 5.27. The van der Waals surface area contributed by atoms with Crippen molar-refractivity contribution < 1.29 is 19.4 Å². The number of nitrogens with zero attached hydrogens (tertiary/aromatic N) is 1. The number of hydrogen-bond donors (Lipinski definition) is 1. The number of amides is 1. The molecule has 1 aliphatic heterocycles. The van der Waals surface area contributed by atoms with Gasteiger partial charge in [-0.3, -0.25) is 4.79 Å². The van der Waals surface area contributed by atoms with E-state index < -0.39 is 0 Å². The van der Waals surface area contributed by atoms with Crippen LogP contribution in [0.3, 0.4) is 0 Å². The van der Waals surface area contributed by atoms with Gasteiger partial charge in [0, 0.05) is 25.1 Å². The van der Waals surface area contributed by atoms with Crippen molar-refractivity contribution in [3.05, 3.63) is 53.1 Å². The third kappa shape index (κ3) is 5.66. The molecule has 1 fully saturated rings. The van der Waals surface area contributed by atoms with Gasteiger partial charge < -0.3 is 19.5 Å². The van der Waals surface area contributed by atoms with Crippen molar-refractivity contribution in [2.75, 3.05) is 26.3 Å². The smallest absolute Gasteiger partial charge is 0.253 e. The van der Waals surface area contributed by atoms with Crippen molar-refractivity contribution in [1.29, 1.82) is 0 Å². The van der Waals surface area contributed by atoms with Gasteiger partial charge in [0.05, 0.1) is 13.2 Å². The number of hydrogen-bond acceptors (Lipinski definition) is 4. The molecule has 1 N–H and O–H groups in total. The quantitative estimate of drug-likeness (QED) is 0.654. The summed E-state index contributed by atoms with van der Waals surface area (Å²) in [5, 5.41) is 9.71. The van der Waals surface area contributed by atoms with Crippen molar-refractivity contribution >= 4 is 5.91 Å². The first kappa shape index (κ1) is 21.0. The van der Waals surface area contributed by atoms with Crippen molar-refractivity contribution in [3.63, 3.8) is 0 Å². The lowest BCUT2D eigenvalue weighted by Crippen LogP contribution is -2.35. The number of likely N-dealkylation sites (tertiary alicyclic amines) is 1. The van der Waals surface area contributed by atoms with Crippen molar-refractivity contribution in [2.24, 2.45) is 0 Å². The summed E-state index contributed by atoms with van der Waals surface area (Å²) in [4.78, 5) is 14.4. The van der Waals surface area contributed by atoms with Crippen LogP contribution in [0.2, 0.25) is 0 Å². The molecule has 0 radical (unpaired) electrons. The van der Waals surface area contributed by atoms with E-state index in [0.29, 0.717) is 13.2 Å². The summed E-state index contributed by atoms with van der Waals surface area (Å²) in [5.74, 6) is 2.00. The average molecular weight is 398 g/mol. The number of aromatic hydroxyl groups is 1. The largest absolute Gasteiger partial charge is 0.508 e. The number of aryl methyl sites for hydroxylation is 2. The summed E-state index contributed by atoms with van der Waals surface area (Å²) in [7, 11) is 0. The summed E-state index contributed by atoms with van der Waals surface area (Å²) in [5.41, 5.74) is 2.67. The lowest BCUT2D eigenvalue weighted by atomic mass is 10.1. The first-order chi connectivity index (χ1) is 14.1. The minimum absolute atomic E-state index is 0.112. The molecule has 1 amide bonds. The van der Waals surface area contributed by atoms with Gasteiger partial charge >= 0.3 is 0 Å². The first-order valence-electron chi connectivity index (χ1n) is 10.6. The Kier molecular flexibility index (Phi) is 7.39. The molecule has 0 aromatic heterocycles. The van der Waals surface area contributed by atoms with Crippen LogP contribution in [0.15, 0.2) is 36.4 Å². The maximum absolute atomic E-state index is 12.5. The molecule has 0 spiro atoms. The van der Waals surface area contributed by atoms with Gasteiger partial charge in [0.1, 0.15) is 17.2 Å². The maximum atomic E-state index is 12.5. The molecule has 0 saturated carbocycles. The van der Waals surface area contributed by atoms with E-state index in [9.17, 15) is 9.90 Å². The molecule has 1 aliphatic rings. The van der Waals surface area contributed by atoms with Crippen LogP contribution in [-0.2, 0) is 6.42 Å². The molecule has 0 aliphatic carbocycles. The Morgan fingerprint density at radius 3 is 2.41 bits per heavy atom. The standard InChI is InChI=1S/C24H31NO4/c1-3-19-17-21(26)16-18(2)23(19)29-15-7-14-28-22-10-8-20(9-11-22)24(27)25-12-5-4-6-13-25/h8-11,16-17,26H,3-7,12-15H2,1-2H3. The van der Waals surface area contributed by atoms with Gasteiger partial charge in [-0.25, -0.2) is 0 Å². The Hall–Kier alpha value is -2.69. The third-order valence-electron chi connectivity index (χ3n) is 5.27. The Bertz CT molecular complexity index is 810. The predicted octanol–water partition coefficient (Wildman–Crippen LogP) is 4.74. The van der Waals surface area contributed by atoms with Crippen LogP contribution in [0.1, 0.15) is 54.1 Å². The summed E-state index contributed by atoms with van der Waals surface area (Å²) in [6.45, 7) is 6.79. The van der Waals surface area contributed by atoms with Gasteiger partial charge in [-0.2, -0.15) is 0 Å². The highest BCUT2D eigenvalue weighted by atomic mass is 16.5. The highest BCUT2D eigenvalue weighted by molar-refractivity contribution is 5.94. The Morgan fingerprint density at radius 2 is 1.72 bits per heavy atom. The van der Waals surface area contributed by atoms with Crippen LogP contribution in [0.5, 0.6) is 17.2 Å². The number of ether oxygens (including phenoxy) is 2. The van der Waals surface area contributed by atoms with E-state index in [-0.39, 0.29) is 11.7 Å². The molecule has 29 heavy (non-hydrogen) atoms. The van der Waals surface area contributed by atoms with Gasteiger partial charge in [0.2, 0.25) is 0 Å². The summed E-state index contributed by atoms with van der Waals surface area (Å²) in [6, 6.07) is 10.9. The molecule has 5 heteroatoms. The number of carbonyl (C=O) groups excluding carboxylic acids is 1. The average Bonchev–Trinajstić information content (AvgIpc) is 2.75. The van der Waals surface area contributed by atoms with Crippen LogP contribution < -0.4 is 9.47 Å². The van der Waals surface area contributed by atoms with E-state index in [1.54, 1.807) is 12.1 Å². The topological polar surface area (TPSA) is 59.0 Å². The first-order valence-corrected chi connectivity index (χ1v) is 10.6. The molecule has 0 bridgehead atoms. The molecule has 0 atom stereocenters. The Labute approximate surface area is 173 Å². The van der Waals surface area contributed by atoms with E-state index in [1.807, 2.05) is 43.0 Å². The van der Waals surface area contributed by atoms with Crippen LogP contribution in [0.25, 0.3) is 0 Å². The molecule has 156 valence electrons. The van der Waals surface area contributed by atoms with Gasteiger partial charge in [0.15, 0.2) is 0 Å². The fraction of sp³-hybridized carbons (Fsp3) is 0.458. The van der Waals surface area contributed by atoms with E-state index >= 15 is 0 Å². The summed E-state index contributed by atoms with van der Waals surface area (Å²) in [6.07, 6.45) is 4.96. The lowest BCUT2D eigenvalue weighted by molar-refractivity contribution is 0.0724. The molecule has 1 heterocycles. The number of phenolic OH excluding ortho intramolecular Hbond substituents is 1. The van der Waals surface area contributed by atoms with E-state index in [0.717, 1.165) is 67.0 Å². The van der Waals surface area contributed by atoms with Gasteiger partial charge in [-0.1, -0.05) is 6.92 Å². The summed E-state index contributed by atoms with van der Waals surface area (Å²) >= 11 is 0. The van der Waals surface area contributed by atoms with E-state index in [4.69, 9.17) is 9.47 Å². The highest BCUT2D eigenvalue weighted by Crippen LogP contribution is 2.29. The molecule has 0 unspecified atom stereocenters. The zero-order chi connectivity index (χ0) is 20.6. The van der Waals surface area contributed by atoms with Gasteiger partial charge in [-0.15, -0.1) is 0 Å². The molecular weight excluding hydrogens is 366 g/mol. The van der Waals surface area contributed by atoms with E-state index in [2.05, 4.69) is 0 Å². The molecule has 2 aromatic carbocycles. The monoisotopic (exact) mass is 397 g/mol. The second kappa shape index (κ2) is 10.2. The second-order valence-electron chi connectivity index (χ2n) is 7.53. The van der Waals surface area contributed by atoms with Crippen LogP contribution >= 0.6 is 0 Å². The summed E-state index contributed by atoms with van der Waals surface area (Å²) < 4.78 is 11.7. The second-order valence-corrected chi connectivity index (χ2v) is 7.53. The molecule has 3 rings (SSSR count). The zero-order valence-corrected chi connectivity index (χ0v) is 17.4. The normalized spacial score (nSPS) is 13.9. The van der Waals surface area contributed by atoms with Crippen molar-refractivity contribution in [1.82, 2.24) is 4.90 Å². The predicted molar refractivity (Wildman–Crippen MR) is 114 cm³/mol. The van der Waals surface area contributed by atoms with Gasteiger partial charge in [-0.05, 0) is 80.1 Å². The Balaban J connectivity index is 1.44. The number of piperidine rings is 1. The molecule has 5 nitrogen and oxygen atoms in total. The maximum Gasteiger partial charge on any atom is 0.253 e. The van der Waals surface area contributed by atoms with Crippen LogP contribution in [0, 0.1) is 6.92 Å². The zero-order valence-electron chi connectivity index (χ0n) is 17.4. The van der Waals surface area contributed by atoms with Crippen molar-refractivity contribution in [2.45, 2.75) is 46.0 Å².